The molecule has 0 aliphatic heterocycles. The summed E-state index contributed by atoms with van der Waals surface area (Å²) in [6.07, 6.45) is 1.76. The number of nitrogens with zero attached hydrogens (tertiary/aromatic N) is 1. The molecule has 5 nitrogen and oxygen atoms in total. The number of rotatable bonds is 5. The summed E-state index contributed by atoms with van der Waals surface area (Å²) < 4.78 is 4.68. The van der Waals surface area contributed by atoms with Crippen LogP contribution in [-0.2, 0) is 4.74 Å². The third kappa shape index (κ3) is 5.26. The van der Waals surface area contributed by atoms with Gasteiger partial charge in [0.15, 0.2) is 0 Å². The highest BCUT2D eigenvalue weighted by molar-refractivity contribution is 5.94. The monoisotopic (exact) mass is 266 g/mol. The van der Waals surface area contributed by atoms with E-state index < -0.39 is 12.1 Å². The first kappa shape index (κ1) is 15.4. The maximum atomic E-state index is 11.5. The molecule has 1 aromatic heterocycles. The number of aliphatic hydroxyl groups is 1. The van der Waals surface area contributed by atoms with E-state index in [2.05, 4.69) is 35.8 Å². The standard InChI is InChI=1S/C14H22N2O3/c1-14(2,3)8-10(17)9-16-12-11(13(18)19-4)6-5-7-15-12/h5-7,10,17H,8-9H2,1-4H3,(H,15,16). The van der Waals surface area contributed by atoms with E-state index in [1.54, 1.807) is 18.3 Å². The van der Waals surface area contributed by atoms with E-state index in [0.717, 1.165) is 0 Å². The Balaban J connectivity index is 2.65. The number of pyridine rings is 1. The predicted molar refractivity (Wildman–Crippen MR) is 74.1 cm³/mol. The zero-order valence-corrected chi connectivity index (χ0v) is 11.9. The molecule has 106 valence electrons. The minimum absolute atomic E-state index is 0.0520. The Labute approximate surface area is 114 Å². The highest BCUT2D eigenvalue weighted by Crippen LogP contribution is 2.21. The molecular weight excluding hydrogens is 244 g/mol. The van der Waals surface area contributed by atoms with E-state index in [1.807, 2.05) is 0 Å². The van der Waals surface area contributed by atoms with Gasteiger partial charge < -0.3 is 15.2 Å². The largest absolute Gasteiger partial charge is 0.465 e. The number of aliphatic hydroxyl groups excluding tert-OH is 1. The van der Waals surface area contributed by atoms with E-state index in [-0.39, 0.29) is 5.41 Å². The van der Waals surface area contributed by atoms with Gasteiger partial charge in [0.2, 0.25) is 0 Å². The number of carbonyl (C=O) groups is 1. The number of nitrogens with one attached hydrogen (secondary N) is 1. The van der Waals surface area contributed by atoms with E-state index in [0.29, 0.717) is 24.3 Å². The fraction of sp³-hybridized carbons (Fsp3) is 0.571. The van der Waals surface area contributed by atoms with Gasteiger partial charge in [0.25, 0.3) is 0 Å². The molecule has 0 fully saturated rings. The minimum atomic E-state index is -0.493. The topological polar surface area (TPSA) is 71.5 Å². The maximum Gasteiger partial charge on any atom is 0.341 e. The zero-order valence-electron chi connectivity index (χ0n) is 11.9. The third-order valence-corrected chi connectivity index (χ3v) is 2.57. The Morgan fingerprint density at radius 1 is 1.53 bits per heavy atom. The molecule has 5 heteroatoms. The molecule has 0 amide bonds. The van der Waals surface area contributed by atoms with Crippen molar-refractivity contribution in [1.82, 2.24) is 4.98 Å². The van der Waals surface area contributed by atoms with Crippen LogP contribution in [0.3, 0.4) is 0 Å². The summed E-state index contributed by atoms with van der Waals surface area (Å²) in [6.45, 7) is 6.54. The van der Waals surface area contributed by atoms with Crippen molar-refractivity contribution in [3.05, 3.63) is 23.9 Å². The molecule has 0 aliphatic carbocycles. The van der Waals surface area contributed by atoms with Crippen molar-refractivity contribution in [2.45, 2.75) is 33.3 Å². The van der Waals surface area contributed by atoms with Crippen LogP contribution in [0.5, 0.6) is 0 Å². The van der Waals surface area contributed by atoms with Gasteiger partial charge in [0, 0.05) is 12.7 Å². The molecular formula is C14H22N2O3. The lowest BCUT2D eigenvalue weighted by atomic mass is 9.89. The van der Waals surface area contributed by atoms with Crippen molar-refractivity contribution in [2.75, 3.05) is 19.0 Å². The van der Waals surface area contributed by atoms with E-state index in [4.69, 9.17) is 0 Å². The smallest absolute Gasteiger partial charge is 0.341 e. The van der Waals surface area contributed by atoms with Gasteiger partial charge >= 0.3 is 5.97 Å². The summed E-state index contributed by atoms with van der Waals surface area (Å²) in [5, 5.41) is 12.9. The summed E-state index contributed by atoms with van der Waals surface area (Å²) in [7, 11) is 1.33. The average Bonchev–Trinajstić information content (AvgIpc) is 2.33. The van der Waals surface area contributed by atoms with Crippen LogP contribution in [-0.4, -0.2) is 35.8 Å². The van der Waals surface area contributed by atoms with Gasteiger partial charge in [-0.25, -0.2) is 9.78 Å². The highest BCUT2D eigenvalue weighted by Gasteiger charge is 2.18. The summed E-state index contributed by atoms with van der Waals surface area (Å²) in [5.74, 6) is -0.0109. The molecule has 0 saturated heterocycles. The Morgan fingerprint density at radius 2 is 2.21 bits per heavy atom. The molecule has 1 aromatic rings. The maximum absolute atomic E-state index is 11.5. The number of carbonyl (C=O) groups excluding carboxylic acids is 1. The van der Waals surface area contributed by atoms with Gasteiger partial charge in [-0.1, -0.05) is 20.8 Å². The van der Waals surface area contributed by atoms with Gasteiger partial charge in [-0.3, -0.25) is 0 Å². The SMILES string of the molecule is COC(=O)c1cccnc1NCC(O)CC(C)(C)C. The molecule has 1 heterocycles. The molecule has 19 heavy (non-hydrogen) atoms. The minimum Gasteiger partial charge on any atom is -0.465 e. The molecule has 1 unspecified atom stereocenters. The lowest BCUT2D eigenvalue weighted by Gasteiger charge is -2.22. The van der Waals surface area contributed by atoms with Crippen molar-refractivity contribution in [3.63, 3.8) is 0 Å². The van der Waals surface area contributed by atoms with Crippen molar-refractivity contribution in [1.29, 1.82) is 0 Å². The van der Waals surface area contributed by atoms with Gasteiger partial charge in [-0.2, -0.15) is 0 Å². The Bertz CT molecular complexity index is 427. The molecule has 0 bridgehead atoms. The summed E-state index contributed by atoms with van der Waals surface area (Å²) >= 11 is 0. The third-order valence-electron chi connectivity index (χ3n) is 2.57. The fourth-order valence-electron chi connectivity index (χ4n) is 1.81. The van der Waals surface area contributed by atoms with Crippen LogP contribution in [0.15, 0.2) is 18.3 Å². The van der Waals surface area contributed by atoms with Crippen molar-refractivity contribution < 1.29 is 14.6 Å². The van der Waals surface area contributed by atoms with Crippen molar-refractivity contribution in [3.8, 4) is 0 Å². The molecule has 0 saturated carbocycles. The predicted octanol–water partition coefficient (Wildman–Crippen LogP) is 2.08. The number of methoxy groups -OCH3 is 1. The lowest BCUT2D eigenvalue weighted by molar-refractivity contribution is 0.0601. The second kappa shape index (κ2) is 6.52. The van der Waals surface area contributed by atoms with Crippen LogP contribution >= 0.6 is 0 Å². The highest BCUT2D eigenvalue weighted by atomic mass is 16.5. The molecule has 1 atom stereocenters. The summed E-state index contributed by atoms with van der Waals surface area (Å²) in [6, 6.07) is 3.31. The Kier molecular flexibility index (Phi) is 5.30. The summed E-state index contributed by atoms with van der Waals surface area (Å²) in [4.78, 5) is 15.6. The van der Waals surface area contributed by atoms with E-state index >= 15 is 0 Å². The van der Waals surface area contributed by atoms with Gasteiger partial charge in [0.1, 0.15) is 11.4 Å². The van der Waals surface area contributed by atoms with E-state index in [1.165, 1.54) is 7.11 Å². The average molecular weight is 266 g/mol. The Morgan fingerprint density at radius 3 is 2.79 bits per heavy atom. The number of anilines is 1. The number of hydrogen-bond acceptors (Lipinski definition) is 5. The van der Waals surface area contributed by atoms with Crippen LogP contribution < -0.4 is 5.32 Å². The van der Waals surface area contributed by atoms with Crippen LogP contribution in [0.25, 0.3) is 0 Å². The Hall–Kier alpha value is -1.62. The first-order valence-electron chi connectivity index (χ1n) is 6.29. The number of aromatic nitrogens is 1. The molecule has 0 aromatic carbocycles. The fourth-order valence-corrected chi connectivity index (χ4v) is 1.81. The van der Waals surface area contributed by atoms with Gasteiger partial charge in [-0.05, 0) is 24.0 Å². The van der Waals surface area contributed by atoms with Crippen molar-refractivity contribution in [2.24, 2.45) is 5.41 Å². The van der Waals surface area contributed by atoms with Crippen LogP contribution in [0.4, 0.5) is 5.82 Å². The second-order valence-electron chi connectivity index (χ2n) is 5.69. The van der Waals surface area contributed by atoms with E-state index in [9.17, 15) is 9.90 Å². The van der Waals surface area contributed by atoms with Crippen LogP contribution in [0.1, 0.15) is 37.6 Å². The first-order chi connectivity index (χ1) is 8.83. The molecule has 0 spiro atoms. The molecule has 0 radical (unpaired) electrons. The zero-order chi connectivity index (χ0) is 14.5. The van der Waals surface area contributed by atoms with Crippen LogP contribution in [0.2, 0.25) is 0 Å². The van der Waals surface area contributed by atoms with Crippen LogP contribution in [0, 0.1) is 5.41 Å². The number of hydrogen-bond donors (Lipinski definition) is 2. The molecule has 2 N–H and O–H groups in total. The van der Waals surface area contributed by atoms with Crippen molar-refractivity contribution >= 4 is 11.8 Å². The quantitative estimate of drug-likeness (QED) is 0.798. The number of ether oxygens (including phenoxy) is 1. The van der Waals surface area contributed by atoms with Gasteiger partial charge in [-0.15, -0.1) is 0 Å². The lowest BCUT2D eigenvalue weighted by Crippen LogP contribution is -2.26. The van der Waals surface area contributed by atoms with Gasteiger partial charge in [0.05, 0.1) is 13.2 Å². The summed E-state index contributed by atoms with van der Waals surface area (Å²) in [5.41, 5.74) is 0.420. The first-order valence-corrected chi connectivity index (χ1v) is 6.29. The normalized spacial score (nSPS) is 12.9. The molecule has 1 rings (SSSR count). The molecule has 0 aliphatic rings. The second-order valence-corrected chi connectivity index (χ2v) is 5.69. The number of esters is 1.